The minimum absolute atomic E-state index is 0.121. The first-order valence-corrected chi connectivity index (χ1v) is 6.82. The van der Waals surface area contributed by atoms with E-state index in [1.807, 2.05) is 0 Å². The van der Waals surface area contributed by atoms with Gasteiger partial charge in [-0.05, 0) is 6.42 Å². The minimum atomic E-state index is -4.26. The van der Waals surface area contributed by atoms with Gasteiger partial charge in [-0.2, -0.15) is 9.82 Å². The highest BCUT2D eigenvalue weighted by molar-refractivity contribution is 7.89. The van der Waals surface area contributed by atoms with Gasteiger partial charge in [0.1, 0.15) is 5.56 Å². The third-order valence-electron chi connectivity index (χ3n) is 2.74. The average molecular weight is 293 g/mol. The maximum atomic E-state index is 12.0. The molecule has 0 aliphatic carbocycles. The zero-order valence-electron chi connectivity index (χ0n) is 10.1. The van der Waals surface area contributed by atoms with Crippen LogP contribution in [0.1, 0.15) is 23.7 Å². The Kier molecular flexibility index (Phi) is 4.63. The smallest absolute Gasteiger partial charge is 0.340 e. The van der Waals surface area contributed by atoms with E-state index in [-0.39, 0.29) is 6.42 Å². The first kappa shape index (κ1) is 15.6. The summed E-state index contributed by atoms with van der Waals surface area (Å²) >= 11 is 0. The van der Waals surface area contributed by atoms with Crippen molar-refractivity contribution >= 4 is 16.0 Å². The zero-order chi connectivity index (χ0) is 14.7. The molecule has 0 radical (unpaired) electrons. The molecule has 0 amide bonds. The van der Waals surface area contributed by atoms with Crippen LogP contribution in [0.3, 0.4) is 0 Å². The maximum Gasteiger partial charge on any atom is 0.340 e. The number of nitrogens with one attached hydrogen (secondary N) is 2. The Morgan fingerprint density at radius 2 is 2.05 bits per heavy atom. The normalized spacial score (nSPS) is 12.6. The molecule has 19 heavy (non-hydrogen) atoms. The molecule has 0 fully saturated rings. The van der Waals surface area contributed by atoms with E-state index in [9.17, 15) is 23.4 Å². The molecule has 0 atom stereocenters. The van der Waals surface area contributed by atoms with E-state index >= 15 is 0 Å². The molecular weight excluding hydrogens is 278 g/mol. The van der Waals surface area contributed by atoms with Crippen molar-refractivity contribution in [2.75, 3.05) is 13.2 Å². The van der Waals surface area contributed by atoms with Gasteiger partial charge in [-0.1, -0.05) is 6.92 Å². The summed E-state index contributed by atoms with van der Waals surface area (Å²) in [6.45, 7) is 0.311. The fraction of sp³-hybridized carbons (Fsp3) is 0.556. The molecule has 0 unspecified atom stereocenters. The van der Waals surface area contributed by atoms with E-state index in [4.69, 9.17) is 5.11 Å². The number of aromatic carboxylic acids is 1. The molecule has 10 heteroatoms. The first-order valence-electron chi connectivity index (χ1n) is 5.34. The second-order valence-electron chi connectivity index (χ2n) is 3.97. The molecular formula is C9H15N3O6S. The summed E-state index contributed by atoms with van der Waals surface area (Å²) in [7, 11) is -4.26. The molecule has 9 nitrogen and oxygen atoms in total. The van der Waals surface area contributed by atoms with Gasteiger partial charge in [-0.25, -0.2) is 13.2 Å². The van der Waals surface area contributed by atoms with E-state index in [1.165, 1.54) is 0 Å². The van der Waals surface area contributed by atoms with Crippen molar-refractivity contribution in [1.82, 2.24) is 14.9 Å². The molecule has 0 saturated heterocycles. The number of aliphatic hydroxyl groups is 2. The van der Waals surface area contributed by atoms with E-state index in [1.54, 1.807) is 6.92 Å². The predicted octanol–water partition coefficient (Wildman–Crippen LogP) is -1.48. The van der Waals surface area contributed by atoms with Crippen molar-refractivity contribution < 1.29 is 28.5 Å². The summed E-state index contributed by atoms with van der Waals surface area (Å²) in [5, 5.41) is 32.0. The summed E-state index contributed by atoms with van der Waals surface area (Å²) in [4.78, 5) is 10.9. The van der Waals surface area contributed by atoms with Crippen LogP contribution in [-0.4, -0.2) is 58.7 Å². The molecule has 1 aromatic heterocycles. The van der Waals surface area contributed by atoms with E-state index < -0.39 is 45.3 Å². The van der Waals surface area contributed by atoms with Crippen molar-refractivity contribution in [2.24, 2.45) is 0 Å². The van der Waals surface area contributed by atoms with Crippen molar-refractivity contribution in [3.63, 3.8) is 0 Å². The fourth-order valence-corrected chi connectivity index (χ4v) is 2.93. The van der Waals surface area contributed by atoms with Crippen LogP contribution in [0.4, 0.5) is 0 Å². The van der Waals surface area contributed by atoms with Crippen LogP contribution in [0.25, 0.3) is 0 Å². The highest BCUT2D eigenvalue weighted by Gasteiger charge is 2.35. The van der Waals surface area contributed by atoms with Gasteiger partial charge in [-0.15, -0.1) is 0 Å². The molecule has 1 heterocycles. The van der Waals surface area contributed by atoms with Crippen molar-refractivity contribution in [2.45, 2.75) is 23.9 Å². The lowest BCUT2D eigenvalue weighted by atomic mass is 10.0. The van der Waals surface area contributed by atoms with Gasteiger partial charge >= 0.3 is 5.97 Å². The summed E-state index contributed by atoms with van der Waals surface area (Å²) in [6.07, 6.45) is 0.984. The first-order chi connectivity index (χ1) is 8.82. The molecule has 5 N–H and O–H groups in total. The predicted molar refractivity (Wildman–Crippen MR) is 63.1 cm³/mol. The Hall–Kier alpha value is -1.49. The number of aromatic nitrogens is 2. The molecule has 1 rings (SSSR count). The summed E-state index contributed by atoms with van der Waals surface area (Å²) in [5.74, 6) is -1.45. The van der Waals surface area contributed by atoms with Gasteiger partial charge in [0, 0.05) is 0 Å². The van der Waals surface area contributed by atoms with E-state index in [2.05, 4.69) is 14.9 Å². The van der Waals surface area contributed by atoms with Crippen LogP contribution in [-0.2, 0) is 10.0 Å². The van der Waals surface area contributed by atoms with Crippen molar-refractivity contribution in [3.05, 3.63) is 11.8 Å². The van der Waals surface area contributed by atoms with Gasteiger partial charge < -0.3 is 15.3 Å². The number of hydrogen-bond donors (Lipinski definition) is 5. The second-order valence-corrected chi connectivity index (χ2v) is 5.59. The Morgan fingerprint density at radius 1 is 1.47 bits per heavy atom. The number of aliphatic hydroxyl groups excluding tert-OH is 2. The summed E-state index contributed by atoms with van der Waals surface area (Å²) < 4.78 is 26.2. The average Bonchev–Trinajstić information content (AvgIpc) is 2.86. The number of carbonyl (C=O) groups is 1. The molecule has 108 valence electrons. The van der Waals surface area contributed by atoms with Crippen LogP contribution >= 0.6 is 0 Å². The Morgan fingerprint density at radius 3 is 2.47 bits per heavy atom. The standard InChI is InChI=1S/C9H15N3O6S/c1-2-9(4-13,5-14)12-19(17,18)7-6(8(15)16)3-10-11-7/h3,12-14H,2,4-5H2,1H3,(H,10,11)(H,15,16). The minimum Gasteiger partial charge on any atom is -0.478 e. The second kappa shape index (κ2) is 5.65. The number of H-pyrrole nitrogens is 1. The largest absolute Gasteiger partial charge is 0.478 e. The third kappa shape index (κ3) is 3.10. The molecule has 0 aliphatic rings. The van der Waals surface area contributed by atoms with Crippen LogP contribution in [0.2, 0.25) is 0 Å². The van der Waals surface area contributed by atoms with Crippen LogP contribution in [0.15, 0.2) is 11.2 Å². The topological polar surface area (TPSA) is 153 Å². The Labute approximate surface area is 109 Å². The van der Waals surface area contributed by atoms with Gasteiger partial charge in [0.05, 0.1) is 24.9 Å². The number of rotatable bonds is 7. The SMILES string of the molecule is CCC(CO)(CO)NS(=O)(=O)c1[nH]ncc1C(=O)O. The maximum absolute atomic E-state index is 12.0. The molecule has 0 bridgehead atoms. The van der Waals surface area contributed by atoms with Crippen LogP contribution < -0.4 is 4.72 Å². The lowest BCUT2D eigenvalue weighted by Crippen LogP contribution is -2.53. The number of carboxylic acids is 1. The summed E-state index contributed by atoms with van der Waals surface area (Å²) in [6, 6.07) is 0. The van der Waals surface area contributed by atoms with Crippen LogP contribution in [0.5, 0.6) is 0 Å². The number of nitrogens with zero attached hydrogens (tertiary/aromatic N) is 1. The fourth-order valence-electron chi connectivity index (χ4n) is 1.38. The number of hydrogen-bond acceptors (Lipinski definition) is 6. The molecule has 0 aliphatic heterocycles. The zero-order valence-corrected chi connectivity index (χ0v) is 10.9. The number of carboxylic acid groups (broad SMARTS) is 1. The number of sulfonamides is 1. The van der Waals surface area contributed by atoms with E-state index in [0.29, 0.717) is 0 Å². The third-order valence-corrected chi connectivity index (χ3v) is 4.29. The van der Waals surface area contributed by atoms with Crippen molar-refractivity contribution in [1.29, 1.82) is 0 Å². The Balaban J connectivity index is 3.18. The molecule has 0 spiro atoms. The van der Waals surface area contributed by atoms with Gasteiger partial charge in [0.2, 0.25) is 0 Å². The highest BCUT2D eigenvalue weighted by atomic mass is 32.2. The van der Waals surface area contributed by atoms with Gasteiger partial charge in [0.25, 0.3) is 10.0 Å². The Bertz CT molecular complexity index is 540. The molecule has 0 aromatic carbocycles. The molecule has 1 aromatic rings. The lowest BCUT2D eigenvalue weighted by Gasteiger charge is -2.28. The number of aromatic amines is 1. The van der Waals surface area contributed by atoms with Crippen molar-refractivity contribution in [3.8, 4) is 0 Å². The lowest BCUT2D eigenvalue weighted by molar-refractivity contribution is 0.0692. The van der Waals surface area contributed by atoms with Gasteiger partial charge in [0.15, 0.2) is 5.03 Å². The van der Waals surface area contributed by atoms with Crippen LogP contribution in [0, 0.1) is 0 Å². The highest BCUT2D eigenvalue weighted by Crippen LogP contribution is 2.17. The van der Waals surface area contributed by atoms with Gasteiger partial charge in [-0.3, -0.25) is 5.10 Å². The monoisotopic (exact) mass is 293 g/mol. The van der Waals surface area contributed by atoms with E-state index in [0.717, 1.165) is 6.20 Å². The summed E-state index contributed by atoms with van der Waals surface area (Å²) in [5.41, 5.74) is -1.98. The molecule has 0 saturated carbocycles. The quantitative estimate of drug-likeness (QED) is 0.411.